The van der Waals surface area contributed by atoms with Crippen LogP contribution in [0.25, 0.3) is 0 Å². The molecule has 200 valence electrons. The summed E-state index contributed by atoms with van der Waals surface area (Å²) in [5.74, 6) is -0.702. The maximum Gasteiger partial charge on any atom is 0.231 e. The summed E-state index contributed by atoms with van der Waals surface area (Å²) in [5.41, 5.74) is 2.86. The summed E-state index contributed by atoms with van der Waals surface area (Å²) in [6.45, 7) is 6.21. The average molecular weight is 554 g/mol. The van der Waals surface area contributed by atoms with Gasteiger partial charge in [0.1, 0.15) is 5.01 Å². The molecule has 3 aromatic rings. The topological polar surface area (TPSA) is 96.5 Å². The molecule has 0 spiro atoms. The van der Waals surface area contributed by atoms with Crippen molar-refractivity contribution >= 4 is 45.6 Å². The molecule has 0 radical (unpaired) electrons. The molecule has 2 aromatic carbocycles. The number of carbonyl (C=O) groups is 2. The van der Waals surface area contributed by atoms with Crippen molar-refractivity contribution in [1.29, 1.82) is 0 Å². The molecular formula is C28H32ClN5O3S. The van der Waals surface area contributed by atoms with E-state index >= 15 is 0 Å². The van der Waals surface area contributed by atoms with Crippen LogP contribution in [0.15, 0.2) is 48.5 Å². The predicted molar refractivity (Wildman–Crippen MR) is 150 cm³/mol. The van der Waals surface area contributed by atoms with Gasteiger partial charge >= 0.3 is 0 Å². The Morgan fingerprint density at radius 1 is 1.16 bits per heavy atom. The SMILES string of the molecule is C[C@H]1CNC[C@](C)(Cc2ccc(N3CC(C(=O)Nc4nnc(CCc5ccc(Cl)cc5)s4)CC3=O)cc2)O1. The predicted octanol–water partition coefficient (Wildman–Crippen LogP) is 4.28. The monoisotopic (exact) mass is 553 g/mol. The second kappa shape index (κ2) is 11.5. The molecule has 0 saturated carbocycles. The molecule has 0 bridgehead atoms. The summed E-state index contributed by atoms with van der Waals surface area (Å²) < 4.78 is 6.17. The minimum atomic E-state index is -0.439. The van der Waals surface area contributed by atoms with E-state index < -0.39 is 5.92 Å². The van der Waals surface area contributed by atoms with E-state index in [-0.39, 0.29) is 29.9 Å². The van der Waals surface area contributed by atoms with Gasteiger partial charge in [0.25, 0.3) is 0 Å². The van der Waals surface area contributed by atoms with E-state index in [0.29, 0.717) is 16.7 Å². The van der Waals surface area contributed by atoms with E-state index in [1.165, 1.54) is 11.3 Å². The molecule has 5 rings (SSSR count). The molecule has 2 aliphatic rings. The molecule has 1 aromatic heterocycles. The van der Waals surface area contributed by atoms with Crippen LogP contribution in [0.1, 0.15) is 36.4 Å². The van der Waals surface area contributed by atoms with E-state index in [4.69, 9.17) is 16.3 Å². The molecule has 0 aliphatic carbocycles. The maximum absolute atomic E-state index is 12.9. The van der Waals surface area contributed by atoms with E-state index in [1.807, 2.05) is 48.5 Å². The highest BCUT2D eigenvalue weighted by Crippen LogP contribution is 2.29. The van der Waals surface area contributed by atoms with E-state index in [1.54, 1.807) is 4.90 Å². The average Bonchev–Trinajstić information content (AvgIpc) is 3.50. The van der Waals surface area contributed by atoms with Crippen molar-refractivity contribution in [3.05, 3.63) is 69.7 Å². The third-order valence-corrected chi connectivity index (χ3v) is 8.13. The van der Waals surface area contributed by atoms with Crippen molar-refractivity contribution in [2.75, 3.05) is 29.9 Å². The first-order valence-electron chi connectivity index (χ1n) is 12.9. The number of hydrogen-bond donors (Lipinski definition) is 2. The largest absolute Gasteiger partial charge is 0.369 e. The number of halogens is 1. The van der Waals surface area contributed by atoms with Crippen molar-refractivity contribution in [1.82, 2.24) is 15.5 Å². The first kappa shape index (κ1) is 26.7. The van der Waals surface area contributed by atoms with Gasteiger partial charge in [-0.1, -0.05) is 47.2 Å². The fourth-order valence-corrected chi connectivity index (χ4v) is 5.95. The lowest BCUT2D eigenvalue weighted by Crippen LogP contribution is -2.52. The van der Waals surface area contributed by atoms with E-state index in [0.717, 1.165) is 54.2 Å². The Labute approximate surface area is 231 Å². The van der Waals surface area contributed by atoms with Crippen LogP contribution in [0.2, 0.25) is 5.02 Å². The molecule has 8 nitrogen and oxygen atoms in total. The van der Waals surface area contributed by atoms with Gasteiger partial charge in [0.15, 0.2) is 0 Å². The molecular weight excluding hydrogens is 522 g/mol. The van der Waals surface area contributed by atoms with Crippen LogP contribution < -0.4 is 15.5 Å². The molecule has 2 saturated heterocycles. The van der Waals surface area contributed by atoms with E-state index in [2.05, 4.69) is 34.7 Å². The summed E-state index contributed by atoms with van der Waals surface area (Å²) >= 11 is 7.31. The molecule has 2 N–H and O–H groups in total. The first-order chi connectivity index (χ1) is 18.3. The quantitative estimate of drug-likeness (QED) is 0.432. The number of benzene rings is 2. The second-order valence-corrected chi connectivity index (χ2v) is 11.9. The Bertz CT molecular complexity index is 1280. The van der Waals surface area contributed by atoms with Crippen molar-refractivity contribution in [2.24, 2.45) is 5.92 Å². The summed E-state index contributed by atoms with van der Waals surface area (Å²) in [7, 11) is 0. The highest BCUT2D eigenvalue weighted by atomic mass is 35.5. The summed E-state index contributed by atoms with van der Waals surface area (Å²) in [6, 6.07) is 15.7. The third kappa shape index (κ3) is 6.58. The van der Waals surface area contributed by atoms with Crippen molar-refractivity contribution in [3.8, 4) is 0 Å². The smallest absolute Gasteiger partial charge is 0.231 e. The van der Waals surface area contributed by atoms with Crippen molar-refractivity contribution in [3.63, 3.8) is 0 Å². The molecule has 2 fully saturated rings. The molecule has 38 heavy (non-hydrogen) atoms. The molecule has 1 unspecified atom stereocenters. The Kier molecular flexibility index (Phi) is 8.09. The minimum absolute atomic E-state index is 0.0561. The molecule has 10 heteroatoms. The van der Waals surface area contributed by atoms with Crippen LogP contribution >= 0.6 is 22.9 Å². The fourth-order valence-electron chi connectivity index (χ4n) is 5.09. The Morgan fingerprint density at radius 2 is 1.89 bits per heavy atom. The first-order valence-corrected chi connectivity index (χ1v) is 14.1. The number of nitrogens with zero attached hydrogens (tertiary/aromatic N) is 3. The second-order valence-electron chi connectivity index (χ2n) is 10.4. The van der Waals surface area contributed by atoms with Gasteiger partial charge in [-0.05, 0) is 55.7 Å². The standard InChI is InChI=1S/C28H32ClN5O3S/c1-18-15-30-17-28(2,37-18)14-20-5-10-23(11-6-20)34-16-21(13-25(34)35)26(36)31-27-33-32-24(38-27)12-7-19-3-8-22(29)9-4-19/h3-6,8-11,18,21,30H,7,12-17H2,1-2H3,(H,31,33,36)/t18-,21?,28-/m0/s1. The fraction of sp³-hybridized carbons (Fsp3) is 0.429. The number of aryl methyl sites for hydroxylation is 2. The van der Waals surface area contributed by atoms with Crippen LogP contribution in [0, 0.1) is 5.92 Å². The third-order valence-electron chi connectivity index (χ3n) is 6.98. The number of rotatable bonds is 8. The highest BCUT2D eigenvalue weighted by molar-refractivity contribution is 7.15. The van der Waals surface area contributed by atoms with Crippen LogP contribution in [-0.4, -0.2) is 53.4 Å². The number of hydrogen-bond acceptors (Lipinski definition) is 7. The van der Waals surface area contributed by atoms with Gasteiger partial charge in [0.2, 0.25) is 16.9 Å². The van der Waals surface area contributed by atoms with Crippen LogP contribution in [0.3, 0.4) is 0 Å². The lowest BCUT2D eigenvalue weighted by Gasteiger charge is -2.38. The zero-order chi connectivity index (χ0) is 26.7. The van der Waals surface area contributed by atoms with E-state index in [9.17, 15) is 9.59 Å². The van der Waals surface area contributed by atoms with Gasteiger partial charge < -0.3 is 20.3 Å². The van der Waals surface area contributed by atoms with Crippen LogP contribution in [0.4, 0.5) is 10.8 Å². The Morgan fingerprint density at radius 3 is 2.63 bits per heavy atom. The van der Waals surface area contributed by atoms with Crippen molar-refractivity contribution in [2.45, 2.75) is 51.2 Å². The minimum Gasteiger partial charge on any atom is -0.369 e. The van der Waals surface area contributed by atoms with Gasteiger partial charge in [0, 0.05) is 49.6 Å². The number of amides is 2. The molecule has 2 aliphatic heterocycles. The van der Waals surface area contributed by atoms with Crippen LogP contribution in [-0.2, 0) is 33.6 Å². The van der Waals surface area contributed by atoms with Gasteiger partial charge in [-0.2, -0.15) is 0 Å². The number of ether oxygens (including phenoxy) is 1. The summed E-state index contributed by atoms with van der Waals surface area (Å²) in [5, 5.41) is 16.6. The number of anilines is 2. The summed E-state index contributed by atoms with van der Waals surface area (Å²) in [4.78, 5) is 27.4. The highest BCUT2D eigenvalue weighted by Gasteiger charge is 2.36. The number of nitrogens with one attached hydrogen (secondary N) is 2. The molecule has 3 heterocycles. The van der Waals surface area contributed by atoms with Crippen molar-refractivity contribution < 1.29 is 14.3 Å². The van der Waals surface area contributed by atoms with Gasteiger partial charge in [-0.3, -0.25) is 9.59 Å². The van der Waals surface area contributed by atoms with Gasteiger partial charge in [-0.25, -0.2) is 0 Å². The van der Waals surface area contributed by atoms with Crippen LogP contribution in [0.5, 0.6) is 0 Å². The Balaban J connectivity index is 1.13. The normalized spacial score (nSPS) is 23.6. The number of carbonyl (C=O) groups excluding carboxylic acids is 2. The maximum atomic E-state index is 12.9. The zero-order valence-corrected chi connectivity index (χ0v) is 23.1. The molecule has 2 amide bonds. The number of morpholine rings is 1. The number of aromatic nitrogens is 2. The zero-order valence-electron chi connectivity index (χ0n) is 21.6. The van der Waals surface area contributed by atoms with Gasteiger partial charge in [-0.15, -0.1) is 10.2 Å². The summed E-state index contributed by atoms with van der Waals surface area (Å²) in [6.07, 6.45) is 2.67. The Hall–Kier alpha value is -2.85. The lowest BCUT2D eigenvalue weighted by molar-refractivity contribution is -0.122. The lowest BCUT2D eigenvalue weighted by atomic mass is 9.94. The van der Waals surface area contributed by atoms with Gasteiger partial charge in [0.05, 0.1) is 17.6 Å². The molecule has 3 atom stereocenters.